The molecule has 0 amide bonds. The molecule has 7 nitrogen and oxygen atoms in total. The number of aromatic carboxylic acids is 1. The lowest BCUT2D eigenvalue weighted by Gasteiger charge is -2.34. The van der Waals surface area contributed by atoms with Gasteiger partial charge in [0.05, 0.1) is 11.3 Å². The van der Waals surface area contributed by atoms with E-state index in [1.165, 1.54) is 12.1 Å². The van der Waals surface area contributed by atoms with Crippen molar-refractivity contribution in [2.75, 3.05) is 18.9 Å². The number of anilines is 1. The minimum atomic E-state index is -3.81. The number of nitrogens with one attached hydrogen (secondary N) is 1. The topological polar surface area (TPSA) is 119 Å². The molecule has 0 atom stereocenters. The van der Waals surface area contributed by atoms with Crippen LogP contribution in [-0.4, -0.2) is 38.2 Å². The Bertz CT molecular complexity index is 651. The van der Waals surface area contributed by atoms with Crippen LogP contribution in [0.15, 0.2) is 23.1 Å². The number of nitrogens with two attached hydrogens (primary N) is 1. The van der Waals surface area contributed by atoms with Gasteiger partial charge in [0, 0.05) is 18.8 Å². The summed E-state index contributed by atoms with van der Waals surface area (Å²) in [5.74, 6) is -1.16. The van der Waals surface area contributed by atoms with E-state index < -0.39 is 21.5 Å². The summed E-state index contributed by atoms with van der Waals surface area (Å²) >= 11 is 0. The van der Waals surface area contributed by atoms with Crippen LogP contribution in [0.25, 0.3) is 0 Å². The molecule has 1 aliphatic rings. The Hall–Kier alpha value is -1.64. The SMILES string of the molecule is CC1(NS(=O)(=O)c2ccc(C(=O)O)cc2N)CCOCC1. The normalized spacial score (nSPS) is 18.3. The second kappa shape index (κ2) is 5.63. The Kier molecular flexibility index (Phi) is 4.22. The van der Waals surface area contributed by atoms with Crippen molar-refractivity contribution in [3.05, 3.63) is 23.8 Å². The van der Waals surface area contributed by atoms with E-state index in [1.54, 1.807) is 0 Å². The Balaban J connectivity index is 2.29. The molecule has 0 aliphatic carbocycles. The Morgan fingerprint density at radius 3 is 2.52 bits per heavy atom. The van der Waals surface area contributed by atoms with Crippen molar-refractivity contribution in [1.29, 1.82) is 0 Å². The predicted molar refractivity (Wildman–Crippen MR) is 76.6 cm³/mol. The molecule has 1 aliphatic heterocycles. The molecule has 0 radical (unpaired) electrons. The number of carboxylic acid groups (broad SMARTS) is 1. The third-order valence-corrected chi connectivity index (χ3v) is 5.24. The third-order valence-electron chi connectivity index (χ3n) is 3.52. The minimum Gasteiger partial charge on any atom is -0.478 e. The van der Waals surface area contributed by atoms with Gasteiger partial charge in [0.1, 0.15) is 4.90 Å². The average Bonchev–Trinajstić information content (AvgIpc) is 2.37. The summed E-state index contributed by atoms with van der Waals surface area (Å²) in [7, 11) is -3.81. The molecule has 1 heterocycles. The maximum absolute atomic E-state index is 12.4. The summed E-state index contributed by atoms with van der Waals surface area (Å²) in [6, 6.07) is 3.58. The first-order valence-corrected chi connectivity index (χ1v) is 7.96. The molecule has 8 heteroatoms. The van der Waals surface area contributed by atoms with E-state index in [1.807, 2.05) is 6.92 Å². The maximum atomic E-state index is 12.4. The number of benzene rings is 1. The molecular formula is C13H18N2O5S. The van der Waals surface area contributed by atoms with Gasteiger partial charge < -0.3 is 15.6 Å². The van der Waals surface area contributed by atoms with E-state index in [-0.39, 0.29) is 16.1 Å². The quantitative estimate of drug-likeness (QED) is 0.708. The summed E-state index contributed by atoms with van der Waals surface area (Å²) in [5.41, 5.74) is 4.96. The van der Waals surface area contributed by atoms with Gasteiger partial charge in [-0.2, -0.15) is 0 Å². The van der Waals surface area contributed by atoms with Crippen LogP contribution in [0.4, 0.5) is 5.69 Å². The fraction of sp³-hybridized carbons (Fsp3) is 0.462. The summed E-state index contributed by atoms with van der Waals surface area (Å²) in [5, 5.41) is 8.87. The zero-order valence-corrected chi connectivity index (χ0v) is 12.4. The maximum Gasteiger partial charge on any atom is 0.335 e. The van der Waals surface area contributed by atoms with Crippen molar-refractivity contribution < 1.29 is 23.1 Å². The zero-order valence-electron chi connectivity index (χ0n) is 11.6. The first-order valence-electron chi connectivity index (χ1n) is 6.48. The highest BCUT2D eigenvalue weighted by molar-refractivity contribution is 7.89. The van der Waals surface area contributed by atoms with Gasteiger partial charge in [-0.25, -0.2) is 17.9 Å². The predicted octanol–water partition coefficient (Wildman–Crippen LogP) is 0.814. The molecular weight excluding hydrogens is 296 g/mol. The lowest BCUT2D eigenvalue weighted by atomic mass is 9.94. The fourth-order valence-corrected chi connectivity index (χ4v) is 3.81. The fourth-order valence-electron chi connectivity index (χ4n) is 2.23. The number of carbonyl (C=O) groups is 1. The third kappa shape index (κ3) is 3.52. The standard InChI is InChI=1S/C13H18N2O5S/c1-13(4-6-20-7-5-13)15-21(18,19)11-3-2-9(12(16)17)8-10(11)14/h2-3,8,15H,4-7,14H2,1H3,(H,16,17). The molecule has 116 valence electrons. The van der Waals surface area contributed by atoms with Crippen molar-refractivity contribution in [2.45, 2.75) is 30.2 Å². The lowest BCUT2D eigenvalue weighted by Crippen LogP contribution is -2.49. The van der Waals surface area contributed by atoms with Crippen molar-refractivity contribution in [3.8, 4) is 0 Å². The van der Waals surface area contributed by atoms with E-state index >= 15 is 0 Å². The Morgan fingerprint density at radius 1 is 1.38 bits per heavy atom. The largest absolute Gasteiger partial charge is 0.478 e. The number of sulfonamides is 1. The summed E-state index contributed by atoms with van der Waals surface area (Å²) in [6.45, 7) is 2.80. The van der Waals surface area contributed by atoms with Crippen LogP contribution in [0.1, 0.15) is 30.1 Å². The monoisotopic (exact) mass is 314 g/mol. The Morgan fingerprint density at radius 2 is 2.00 bits per heavy atom. The van der Waals surface area contributed by atoms with Crippen molar-refractivity contribution in [2.24, 2.45) is 0 Å². The van der Waals surface area contributed by atoms with Gasteiger partial charge in [0.25, 0.3) is 0 Å². The van der Waals surface area contributed by atoms with Gasteiger partial charge in [0.15, 0.2) is 0 Å². The first kappa shape index (κ1) is 15.7. The van der Waals surface area contributed by atoms with Crippen molar-refractivity contribution in [1.82, 2.24) is 4.72 Å². The van der Waals surface area contributed by atoms with Crippen LogP contribution >= 0.6 is 0 Å². The molecule has 21 heavy (non-hydrogen) atoms. The summed E-state index contributed by atoms with van der Waals surface area (Å²) < 4.78 is 32.7. The lowest BCUT2D eigenvalue weighted by molar-refractivity contribution is 0.0537. The van der Waals surface area contributed by atoms with Gasteiger partial charge in [-0.3, -0.25) is 0 Å². The van der Waals surface area contributed by atoms with Crippen LogP contribution in [-0.2, 0) is 14.8 Å². The van der Waals surface area contributed by atoms with E-state index in [2.05, 4.69) is 4.72 Å². The van der Waals surface area contributed by atoms with E-state index in [0.717, 1.165) is 6.07 Å². The van der Waals surface area contributed by atoms with Crippen LogP contribution < -0.4 is 10.5 Å². The number of hydrogen-bond acceptors (Lipinski definition) is 5. The number of nitrogen functional groups attached to an aromatic ring is 1. The molecule has 2 rings (SSSR count). The van der Waals surface area contributed by atoms with Gasteiger partial charge in [0.2, 0.25) is 10.0 Å². The van der Waals surface area contributed by atoms with Gasteiger partial charge in [-0.05, 0) is 38.0 Å². The molecule has 4 N–H and O–H groups in total. The number of hydrogen-bond donors (Lipinski definition) is 3. The molecule has 0 saturated carbocycles. The van der Waals surface area contributed by atoms with Gasteiger partial charge in [-0.1, -0.05) is 0 Å². The van der Waals surface area contributed by atoms with Crippen molar-refractivity contribution in [3.63, 3.8) is 0 Å². The molecule has 1 aromatic rings. The van der Waals surface area contributed by atoms with Crippen LogP contribution in [0, 0.1) is 0 Å². The van der Waals surface area contributed by atoms with Gasteiger partial charge >= 0.3 is 5.97 Å². The highest BCUT2D eigenvalue weighted by atomic mass is 32.2. The van der Waals surface area contributed by atoms with E-state index in [4.69, 9.17) is 15.6 Å². The number of carboxylic acids is 1. The first-order chi connectivity index (χ1) is 9.73. The Labute approximate surface area is 123 Å². The molecule has 0 spiro atoms. The number of ether oxygens (including phenoxy) is 1. The molecule has 0 bridgehead atoms. The van der Waals surface area contributed by atoms with E-state index in [9.17, 15) is 13.2 Å². The zero-order chi connectivity index (χ0) is 15.7. The van der Waals surface area contributed by atoms with Crippen LogP contribution in [0.2, 0.25) is 0 Å². The van der Waals surface area contributed by atoms with Gasteiger partial charge in [-0.15, -0.1) is 0 Å². The average molecular weight is 314 g/mol. The highest BCUT2D eigenvalue weighted by Crippen LogP contribution is 2.26. The second-order valence-corrected chi connectivity index (χ2v) is 6.99. The van der Waals surface area contributed by atoms with Crippen LogP contribution in [0.5, 0.6) is 0 Å². The number of rotatable bonds is 4. The van der Waals surface area contributed by atoms with Crippen LogP contribution in [0.3, 0.4) is 0 Å². The van der Waals surface area contributed by atoms with E-state index in [0.29, 0.717) is 26.1 Å². The molecule has 1 fully saturated rings. The molecule has 0 unspecified atom stereocenters. The second-order valence-electron chi connectivity index (χ2n) is 5.34. The van der Waals surface area contributed by atoms with Crippen molar-refractivity contribution >= 4 is 21.7 Å². The minimum absolute atomic E-state index is 0.0521. The smallest absolute Gasteiger partial charge is 0.335 e. The highest BCUT2D eigenvalue weighted by Gasteiger charge is 2.33. The summed E-state index contributed by atoms with van der Waals surface area (Å²) in [6.07, 6.45) is 1.14. The summed E-state index contributed by atoms with van der Waals surface area (Å²) in [4.78, 5) is 10.7. The molecule has 0 aromatic heterocycles. The molecule has 1 aromatic carbocycles. The molecule has 1 saturated heterocycles.